The summed E-state index contributed by atoms with van der Waals surface area (Å²) in [6.45, 7) is 1.11. The molecule has 0 unspecified atom stereocenters. The van der Waals surface area contributed by atoms with E-state index < -0.39 is 0 Å². The maximum atomic E-state index is 3.30. The van der Waals surface area contributed by atoms with Gasteiger partial charge < -0.3 is 5.32 Å². The number of hydrogen-bond acceptors (Lipinski definition) is 1. The predicted octanol–water partition coefficient (Wildman–Crippen LogP) is 1.27. The first kappa shape index (κ1) is 8.04. The number of nitrogens with one attached hydrogen (secondary N) is 1. The topological polar surface area (TPSA) is 12.0 Å². The molecule has 0 bridgehead atoms. The minimum Gasteiger partial charge on any atom is -0.384 e. The molecule has 1 N–H and O–H groups in total. The quantitative estimate of drug-likeness (QED) is 0.708. The summed E-state index contributed by atoms with van der Waals surface area (Å²) < 4.78 is 0. The average Bonchev–Trinajstić information content (AvgIpc) is 2.33. The molecule has 0 saturated carbocycles. The summed E-state index contributed by atoms with van der Waals surface area (Å²) in [5.41, 5.74) is 2.77. The van der Waals surface area contributed by atoms with Crippen molar-refractivity contribution in [1.82, 2.24) is 0 Å². The van der Waals surface area contributed by atoms with Crippen LogP contribution >= 0.6 is 0 Å². The molecular formula is C8H9NPb. The molecule has 50 valence electrons. The van der Waals surface area contributed by atoms with Crippen LogP contribution in [0.1, 0.15) is 5.56 Å². The van der Waals surface area contributed by atoms with E-state index >= 15 is 0 Å². The summed E-state index contributed by atoms with van der Waals surface area (Å²) in [7, 11) is 0. The Kier molecular flexibility index (Phi) is 2.71. The van der Waals surface area contributed by atoms with E-state index in [-0.39, 0.29) is 27.3 Å². The molecule has 0 spiro atoms. The van der Waals surface area contributed by atoms with Crippen LogP contribution in [-0.4, -0.2) is 33.8 Å². The van der Waals surface area contributed by atoms with Crippen LogP contribution in [0.5, 0.6) is 0 Å². The average molecular weight is 326 g/mol. The standard InChI is InChI=1S/C8H9N.Pb/c1-2-4-8-7(3-1)5-6-9-8;/h1-4,9H,5-6H2;. The summed E-state index contributed by atoms with van der Waals surface area (Å²) >= 11 is 0. The number of hydrogen-bond donors (Lipinski definition) is 1. The third kappa shape index (κ3) is 1.33. The van der Waals surface area contributed by atoms with Crippen LogP contribution in [0.3, 0.4) is 0 Å². The van der Waals surface area contributed by atoms with Gasteiger partial charge in [0.25, 0.3) is 0 Å². The van der Waals surface area contributed by atoms with Crippen LogP contribution in [0, 0.1) is 0 Å². The Labute approximate surface area is 81.0 Å². The molecule has 1 aromatic carbocycles. The predicted molar refractivity (Wildman–Crippen MR) is 44.4 cm³/mol. The van der Waals surface area contributed by atoms with Gasteiger partial charge in [-0.2, -0.15) is 0 Å². The normalized spacial score (nSPS) is 13.2. The fourth-order valence-corrected chi connectivity index (χ4v) is 1.24. The number of benzene rings is 1. The first-order valence-corrected chi connectivity index (χ1v) is 3.28. The second-order valence-electron chi connectivity index (χ2n) is 2.33. The van der Waals surface area contributed by atoms with Crippen LogP contribution in [0.4, 0.5) is 5.69 Å². The molecular weight excluding hydrogens is 317 g/mol. The molecule has 10 heavy (non-hydrogen) atoms. The van der Waals surface area contributed by atoms with Crippen LogP contribution in [0.15, 0.2) is 24.3 Å². The molecule has 0 fully saturated rings. The van der Waals surface area contributed by atoms with Crippen LogP contribution in [0.2, 0.25) is 0 Å². The van der Waals surface area contributed by atoms with E-state index in [0.29, 0.717) is 0 Å². The molecule has 0 atom stereocenters. The number of para-hydroxylation sites is 1. The number of anilines is 1. The summed E-state index contributed by atoms with van der Waals surface area (Å²) in [5.74, 6) is 0. The van der Waals surface area contributed by atoms with Crippen molar-refractivity contribution >= 4 is 33.0 Å². The molecule has 2 heteroatoms. The second-order valence-corrected chi connectivity index (χ2v) is 2.33. The molecule has 1 nitrogen and oxygen atoms in total. The summed E-state index contributed by atoms with van der Waals surface area (Å²) in [4.78, 5) is 0. The van der Waals surface area contributed by atoms with Crippen molar-refractivity contribution in [2.75, 3.05) is 11.9 Å². The van der Waals surface area contributed by atoms with Gasteiger partial charge in [0.1, 0.15) is 0 Å². The van der Waals surface area contributed by atoms with Crippen molar-refractivity contribution in [1.29, 1.82) is 0 Å². The van der Waals surface area contributed by atoms with E-state index in [2.05, 4.69) is 29.6 Å². The van der Waals surface area contributed by atoms with E-state index in [0.717, 1.165) is 6.54 Å². The van der Waals surface area contributed by atoms with Gasteiger partial charge in [-0.05, 0) is 18.1 Å². The molecule has 1 aliphatic heterocycles. The van der Waals surface area contributed by atoms with E-state index in [9.17, 15) is 0 Å². The van der Waals surface area contributed by atoms with Crippen LogP contribution in [0.25, 0.3) is 0 Å². The Balaban J connectivity index is 0.000000500. The zero-order valence-corrected chi connectivity index (χ0v) is 9.61. The largest absolute Gasteiger partial charge is 0.384 e. The Morgan fingerprint density at radius 1 is 1.20 bits per heavy atom. The van der Waals surface area contributed by atoms with Gasteiger partial charge in [-0.25, -0.2) is 0 Å². The maximum absolute atomic E-state index is 3.30. The molecule has 1 aliphatic rings. The van der Waals surface area contributed by atoms with Crippen molar-refractivity contribution in [3.8, 4) is 0 Å². The third-order valence-corrected chi connectivity index (χ3v) is 1.73. The van der Waals surface area contributed by atoms with E-state index in [1.807, 2.05) is 0 Å². The molecule has 1 aromatic rings. The SMILES string of the molecule is [Pb].c1ccc2c(c1)CCN2. The Morgan fingerprint density at radius 2 is 2.00 bits per heavy atom. The Morgan fingerprint density at radius 3 is 2.80 bits per heavy atom. The second kappa shape index (κ2) is 3.37. The van der Waals surface area contributed by atoms with Crippen LogP contribution < -0.4 is 5.32 Å². The van der Waals surface area contributed by atoms with Gasteiger partial charge in [0.2, 0.25) is 0 Å². The van der Waals surface area contributed by atoms with E-state index in [1.54, 1.807) is 0 Å². The van der Waals surface area contributed by atoms with Gasteiger partial charge in [-0.1, -0.05) is 18.2 Å². The zero-order valence-electron chi connectivity index (χ0n) is 5.72. The molecule has 2 rings (SSSR count). The molecule has 0 aromatic heterocycles. The summed E-state index contributed by atoms with van der Waals surface area (Å²) in [6, 6.07) is 8.46. The smallest absolute Gasteiger partial charge is 0.0373 e. The van der Waals surface area contributed by atoms with Gasteiger partial charge in [-0.3, -0.25) is 0 Å². The number of fused-ring (bicyclic) bond motifs is 1. The van der Waals surface area contributed by atoms with Gasteiger partial charge in [0.15, 0.2) is 0 Å². The summed E-state index contributed by atoms with van der Waals surface area (Å²) in [6.07, 6.45) is 1.19. The minimum atomic E-state index is 0. The van der Waals surface area contributed by atoms with Crippen molar-refractivity contribution in [3.05, 3.63) is 29.8 Å². The van der Waals surface area contributed by atoms with Gasteiger partial charge in [-0.15, -0.1) is 0 Å². The minimum absolute atomic E-state index is 0. The number of rotatable bonds is 0. The maximum Gasteiger partial charge on any atom is 0.0373 e. The van der Waals surface area contributed by atoms with Crippen molar-refractivity contribution in [2.45, 2.75) is 6.42 Å². The van der Waals surface area contributed by atoms with Gasteiger partial charge in [0.05, 0.1) is 0 Å². The fraction of sp³-hybridized carbons (Fsp3) is 0.250. The van der Waals surface area contributed by atoms with Crippen LogP contribution in [-0.2, 0) is 6.42 Å². The van der Waals surface area contributed by atoms with Crippen molar-refractivity contribution in [2.24, 2.45) is 0 Å². The van der Waals surface area contributed by atoms with Crippen molar-refractivity contribution in [3.63, 3.8) is 0 Å². The summed E-state index contributed by atoms with van der Waals surface area (Å²) in [5, 5.41) is 3.30. The Hall–Kier alpha value is -0.0579. The fourth-order valence-electron chi connectivity index (χ4n) is 1.24. The first-order chi connectivity index (χ1) is 4.47. The molecule has 4 radical (unpaired) electrons. The van der Waals surface area contributed by atoms with Crippen molar-refractivity contribution < 1.29 is 0 Å². The monoisotopic (exact) mass is 327 g/mol. The van der Waals surface area contributed by atoms with E-state index in [4.69, 9.17) is 0 Å². The zero-order chi connectivity index (χ0) is 6.10. The molecule has 0 aliphatic carbocycles. The van der Waals surface area contributed by atoms with Gasteiger partial charge in [0, 0.05) is 39.5 Å². The molecule has 0 amide bonds. The van der Waals surface area contributed by atoms with Gasteiger partial charge >= 0.3 is 0 Å². The molecule has 0 saturated heterocycles. The molecule has 1 heterocycles. The first-order valence-electron chi connectivity index (χ1n) is 3.28. The van der Waals surface area contributed by atoms with E-state index in [1.165, 1.54) is 17.7 Å². The Bertz CT molecular complexity index is 199. The third-order valence-electron chi connectivity index (χ3n) is 1.73.